The maximum atomic E-state index is 10.2. The molecule has 2 nitrogen and oxygen atoms in total. The minimum Gasteiger partial charge on any atom is -0.373 e. The summed E-state index contributed by atoms with van der Waals surface area (Å²) in [5.74, 6) is 0. The fraction of sp³-hybridized carbons (Fsp3) is 0.188. The van der Waals surface area contributed by atoms with Gasteiger partial charge in [0.15, 0.2) is 0 Å². The van der Waals surface area contributed by atoms with Gasteiger partial charge in [-0.15, -0.1) is 6.58 Å². The van der Waals surface area contributed by atoms with Crippen LogP contribution in [-0.2, 0) is 11.3 Å². The molecule has 0 heterocycles. The van der Waals surface area contributed by atoms with E-state index in [0.717, 1.165) is 25.8 Å². The van der Waals surface area contributed by atoms with E-state index in [0.29, 0.717) is 0 Å². The predicted octanol–water partition coefficient (Wildman–Crippen LogP) is 3.33. The van der Waals surface area contributed by atoms with Gasteiger partial charge in [-0.1, -0.05) is 42.5 Å². The highest BCUT2D eigenvalue weighted by Crippen LogP contribution is 2.06. The van der Waals surface area contributed by atoms with Crippen LogP contribution in [0.25, 0.3) is 0 Å². The Morgan fingerprint density at radius 1 is 1.11 bits per heavy atom. The summed E-state index contributed by atoms with van der Waals surface area (Å²) in [7, 11) is 0. The van der Waals surface area contributed by atoms with Gasteiger partial charge in [-0.2, -0.15) is 0 Å². The van der Waals surface area contributed by atoms with Crippen LogP contribution in [0.3, 0.4) is 0 Å². The van der Waals surface area contributed by atoms with Gasteiger partial charge >= 0.3 is 0 Å². The first-order valence-corrected chi connectivity index (χ1v) is 6.04. The Kier molecular flexibility index (Phi) is 6.98. The van der Waals surface area contributed by atoms with Gasteiger partial charge in [0.2, 0.25) is 0 Å². The van der Waals surface area contributed by atoms with Crippen molar-refractivity contribution < 1.29 is 4.79 Å². The average molecular weight is 241 g/mol. The molecule has 1 aromatic rings. The van der Waals surface area contributed by atoms with Gasteiger partial charge in [0.05, 0.1) is 0 Å². The van der Waals surface area contributed by atoms with Crippen molar-refractivity contribution in [3.05, 3.63) is 73.0 Å². The topological polar surface area (TPSA) is 20.3 Å². The molecule has 0 aliphatic carbocycles. The van der Waals surface area contributed by atoms with Crippen LogP contribution in [0.2, 0.25) is 0 Å². The molecule has 2 heteroatoms. The Hall–Kier alpha value is -2.09. The van der Waals surface area contributed by atoms with E-state index in [1.165, 1.54) is 11.6 Å². The zero-order chi connectivity index (χ0) is 13.1. The van der Waals surface area contributed by atoms with Crippen LogP contribution in [0.4, 0.5) is 0 Å². The highest BCUT2D eigenvalue weighted by Gasteiger charge is 1.98. The van der Waals surface area contributed by atoms with Gasteiger partial charge in [0, 0.05) is 13.1 Å². The lowest BCUT2D eigenvalue weighted by Crippen LogP contribution is -2.17. The molecule has 18 heavy (non-hydrogen) atoms. The lowest BCUT2D eigenvalue weighted by Gasteiger charge is -2.19. The van der Waals surface area contributed by atoms with Gasteiger partial charge in [-0.05, 0) is 30.3 Å². The number of nitrogens with zero attached hydrogens (tertiary/aromatic N) is 1. The van der Waals surface area contributed by atoms with Gasteiger partial charge < -0.3 is 4.90 Å². The van der Waals surface area contributed by atoms with Gasteiger partial charge in [-0.25, -0.2) is 0 Å². The molecule has 0 saturated heterocycles. The molecule has 0 aromatic heterocycles. The quantitative estimate of drug-likeness (QED) is 0.301. The molecule has 0 radical (unpaired) electrons. The van der Waals surface area contributed by atoms with Crippen molar-refractivity contribution in [3.63, 3.8) is 0 Å². The maximum absolute atomic E-state index is 10.2. The number of hydrogen-bond donors (Lipinski definition) is 0. The van der Waals surface area contributed by atoms with Crippen molar-refractivity contribution in [2.24, 2.45) is 0 Å². The third-order valence-electron chi connectivity index (χ3n) is 2.45. The molecule has 0 fully saturated rings. The second kappa shape index (κ2) is 8.99. The molecule has 0 saturated carbocycles. The SMILES string of the molecule is C=CCCN(/C=C/C=C/C=O)Cc1ccccc1. The Morgan fingerprint density at radius 2 is 1.89 bits per heavy atom. The summed E-state index contributed by atoms with van der Waals surface area (Å²) in [6, 6.07) is 10.3. The van der Waals surface area contributed by atoms with E-state index in [1.54, 1.807) is 6.08 Å². The van der Waals surface area contributed by atoms with Gasteiger partial charge in [0.1, 0.15) is 6.29 Å². The molecular weight excluding hydrogens is 222 g/mol. The van der Waals surface area contributed by atoms with E-state index < -0.39 is 0 Å². The van der Waals surface area contributed by atoms with Crippen molar-refractivity contribution in [1.82, 2.24) is 4.90 Å². The highest BCUT2D eigenvalue weighted by atomic mass is 16.1. The van der Waals surface area contributed by atoms with Crippen molar-refractivity contribution in [2.75, 3.05) is 6.54 Å². The average Bonchev–Trinajstić information content (AvgIpc) is 2.41. The predicted molar refractivity (Wildman–Crippen MR) is 76.0 cm³/mol. The fourth-order valence-electron chi connectivity index (χ4n) is 1.56. The largest absolute Gasteiger partial charge is 0.373 e. The molecule has 0 spiro atoms. The zero-order valence-electron chi connectivity index (χ0n) is 10.5. The van der Waals surface area contributed by atoms with E-state index >= 15 is 0 Å². The third-order valence-corrected chi connectivity index (χ3v) is 2.45. The van der Waals surface area contributed by atoms with Crippen LogP contribution in [0, 0.1) is 0 Å². The van der Waals surface area contributed by atoms with Crippen LogP contribution >= 0.6 is 0 Å². The third kappa shape index (κ3) is 5.85. The summed E-state index contributed by atoms with van der Waals surface area (Å²) < 4.78 is 0. The van der Waals surface area contributed by atoms with Crippen molar-refractivity contribution in [1.29, 1.82) is 0 Å². The lowest BCUT2D eigenvalue weighted by atomic mass is 10.2. The highest BCUT2D eigenvalue weighted by molar-refractivity contribution is 5.65. The molecule has 94 valence electrons. The van der Waals surface area contributed by atoms with E-state index in [2.05, 4.69) is 23.6 Å². The van der Waals surface area contributed by atoms with Crippen molar-refractivity contribution in [3.8, 4) is 0 Å². The molecule has 0 atom stereocenters. The first-order valence-electron chi connectivity index (χ1n) is 6.04. The standard InChI is InChI=1S/C16H19NO/c1-2-3-12-17(13-8-5-9-14-18)15-16-10-6-4-7-11-16/h2,4-11,13-14H,1,3,12,15H2/b9-5+,13-8+. The smallest absolute Gasteiger partial charge is 0.142 e. The molecule has 1 aromatic carbocycles. The zero-order valence-corrected chi connectivity index (χ0v) is 10.5. The molecule has 0 unspecified atom stereocenters. The number of carbonyl (C=O) groups excluding carboxylic acids is 1. The summed E-state index contributed by atoms with van der Waals surface area (Å²) in [6.07, 6.45) is 10.7. The van der Waals surface area contributed by atoms with Crippen LogP contribution in [0.5, 0.6) is 0 Å². The minimum atomic E-state index is 0.773. The summed E-state index contributed by atoms with van der Waals surface area (Å²) in [5.41, 5.74) is 1.27. The number of rotatable bonds is 8. The Bertz CT molecular complexity index is 406. The Labute approximate surface area is 109 Å². The van der Waals surface area contributed by atoms with Gasteiger partial charge in [0.25, 0.3) is 0 Å². The number of carbonyl (C=O) groups is 1. The second-order valence-electron chi connectivity index (χ2n) is 3.90. The molecular formula is C16H19NO. The Balaban J connectivity index is 2.60. The number of hydrogen-bond acceptors (Lipinski definition) is 2. The number of benzene rings is 1. The Morgan fingerprint density at radius 3 is 2.56 bits per heavy atom. The van der Waals surface area contributed by atoms with E-state index in [-0.39, 0.29) is 0 Å². The second-order valence-corrected chi connectivity index (χ2v) is 3.90. The minimum absolute atomic E-state index is 0.773. The first kappa shape index (κ1) is 14.0. The van der Waals surface area contributed by atoms with Crippen LogP contribution in [0.15, 0.2) is 67.4 Å². The molecule has 0 amide bonds. The molecule has 0 N–H and O–H groups in total. The summed E-state index contributed by atoms with van der Waals surface area (Å²) in [6.45, 7) is 5.52. The van der Waals surface area contributed by atoms with Crippen LogP contribution in [-0.4, -0.2) is 17.7 Å². The number of allylic oxidation sites excluding steroid dienone is 3. The maximum Gasteiger partial charge on any atom is 0.142 e. The van der Waals surface area contributed by atoms with Crippen LogP contribution in [0.1, 0.15) is 12.0 Å². The molecule has 0 aliphatic rings. The monoisotopic (exact) mass is 241 g/mol. The van der Waals surface area contributed by atoms with E-state index in [1.807, 2.05) is 36.6 Å². The normalized spacial score (nSPS) is 10.9. The van der Waals surface area contributed by atoms with E-state index in [9.17, 15) is 4.79 Å². The lowest BCUT2D eigenvalue weighted by molar-refractivity contribution is -0.104. The molecule has 0 bridgehead atoms. The van der Waals surface area contributed by atoms with E-state index in [4.69, 9.17) is 0 Å². The fourth-order valence-corrected chi connectivity index (χ4v) is 1.56. The number of aldehydes is 1. The van der Waals surface area contributed by atoms with Gasteiger partial charge in [-0.3, -0.25) is 4.79 Å². The summed E-state index contributed by atoms with van der Waals surface area (Å²) >= 11 is 0. The molecule has 1 rings (SSSR count). The molecule has 0 aliphatic heterocycles. The van der Waals surface area contributed by atoms with Crippen molar-refractivity contribution >= 4 is 6.29 Å². The van der Waals surface area contributed by atoms with Crippen LogP contribution < -0.4 is 0 Å². The van der Waals surface area contributed by atoms with Crippen molar-refractivity contribution in [2.45, 2.75) is 13.0 Å². The summed E-state index contributed by atoms with van der Waals surface area (Å²) in [5, 5.41) is 0. The summed E-state index contributed by atoms with van der Waals surface area (Å²) in [4.78, 5) is 12.4. The first-order chi connectivity index (χ1) is 8.86.